The van der Waals surface area contributed by atoms with E-state index in [4.69, 9.17) is 31.5 Å². The van der Waals surface area contributed by atoms with E-state index in [2.05, 4.69) is 28.7 Å². The summed E-state index contributed by atoms with van der Waals surface area (Å²) in [6, 6.07) is 5.64. The van der Waals surface area contributed by atoms with Gasteiger partial charge in [0.15, 0.2) is 11.5 Å². The molecule has 7 nitrogen and oxygen atoms in total. The van der Waals surface area contributed by atoms with Gasteiger partial charge >= 0.3 is 0 Å². The van der Waals surface area contributed by atoms with Gasteiger partial charge in [0, 0.05) is 41.4 Å². The number of fused-ring (bicyclic) bond motifs is 1. The molecule has 1 atom stereocenters. The molecule has 0 radical (unpaired) electrons. The molecule has 0 spiro atoms. The van der Waals surface area contributed by atoms with Crippen LogP contribution in [0.3, 0.4) is 0 Å². The first-order valence-corrected chi connectivity index (χ1v) is 10.2. The molecule has 3 heterocycles. The Balaban J connectivity index is 1.74. The average molecular weight is 419 g/mol. The number of aryl methyl sites for hydroxylation is 1. The molecule has 2 aliphatic heterocycles. The molecule has 1 aromatic heterocycles. The van der Waals surface area contributed by atoms with E-state index in [-0.39, 0.29) is 17.4 Å². The van der Waals surface area contributed by atoms with Crippen LogP contribution >= 0.6 is 11.6 Å². The molecule has 0 saturated carbocycles. The van der Waals surface area contributed by atoms with Crippen LogP contribution in [0.25, 0.3) is 0 Å². The zero-order valence-electron chi connectivity index (χ0n) is 17.1. The van der Waals surface area contributed by atoms with Gasteiger partial charge in [-0.2, -0.15) is 4.98 Å². The largest absolute Gasteiger partial charge is 0.489 e. The SMILES string of the molecule is Cc1cc(N2CCCOCC2c2cc3c(cc2Cl)OCC(C)(C)CO3)nc(N)n1. The highest BCUT2D eigenvalue weighted by Crippen LogP contribution is 2.42. The monoisotopic (exact) mass is 418 g/mol. The summed E-state index contributed by atoms with van der Waals surface area (Å²) < 4.78 is 17.9. The summed E-state index contributed by atoms with van der Waals surface area (Å²) in [6.07, 6.45) is 0.885. The van der Waals surface area contributed by atoms with Crippen LogP contribution < -0.4 is 20.1 Å². The molecule has 4 rings (SSSR count). The van der Waals surface area contributed by atoms with Crippen molar-refractivity contribution >= 4 is 23.4 Å². The van der Waals surface area contributed by atoms with Crippen LogP contribution in [0.15, 0.2) is 18.2 Å². The normalized spacial score (nSPS) is 21.4. The van der Waals surface area contributed by atoms with Gasteiger partial charge in [0.2, 0.25) is 5.95 Å². The van der Waals surface area contributed by atoms with Crippen LogP contribution in [-0.2, 0) is 4.74 Å². The quantitative estimate of drug-likeness (QED) is 0.794. The Morgan fingerprint density at radius 2 is 1.86 bits per heavy atom. The lowest BCUT2D eigenvalue weighted by atomic mass is 9.97. The van der Waals surface area contributed by atoms with Crippen LogP contribution in [-0.4, -0.2) is 42.9 Å². The second-order valence-electron chi connectivity index (χ2n) is 8.43. The third-order valence-corrected chi connectivity index (χ3v) is 5.48. The summed E-state index contributed by atoms with van der Waals surface area (Å²) in [5.41, 5.74) is 7.58. The van der Waals surface area contributed by atoms with Crippen molar-refractivity contribution in [3.8, 4) is 11.5 Å². The Labute approximate surface area is 176 Å². The van der Waals surface area contributed by atoms with E-state index < -0.39 is 0 Å². The number of halogens is 1. The molecule has 2 aliphatic rings. The van der Waals surface area contributed by atoms with E-state index in [9.17, 15) is 0 Å². The Hall–Kier alpha value is -2.25. The molecule has 0 bridgehead atoms. The number of rotatable bonds is 2. The zero-order chi connectivity index (χ0) is 20.6. The molecule has 156 valence electrons. The Kier molecular flexibility index (Phi) is 5.44. The Morgan fingerprint density at radius 3 is 2.59 bits per heavy atom. The highest BCUT2D eigenvalue weighted by atomic mass is 35.5. The number of hydrogen-bond acceptors (Lipinski definition) is 7. The van der Waals surface area contributed by atoms with Gasteiger partial charge in [-0.25, -0.2) is 4.98 Å². The summed E-state index contributed by atoms with van der Waals surface area (Å²) in [5.74, 6) is 2.41. The Bertz CT molecular complexity index is 885. The maximum Gasteiger partial charge on any atom is 0.222 e. The van der Waals surface area contributed by atoms with Gasteiger partial charge in [-0.15, -0.1) is 0 Å². The van der Waals surface area contributed by atoms with Crippen molar-refractivity contribution < 1.29 is 14.2 Å². The number of benzene rings is 1. The fraction of sp³-hybridized carbons (Fsp3) is 0.524. The van der Waals surface area contributed by atoms with Gasteiger partial charge in [0.25, 0.3) is 0 Å². The van der Waals surface area contributed by atoms with E-state index in [1.54, 1.807) is 0 Å². The summed E-state index contributed by atoms with van der Waals surface area (Å²) in [5, 5.41) is 0.617. The minimum absolute atomic E-state index is 0.0703. The van der Waals surface area contributed by atoms with Crippen molar-refractivity contribution in [2.75, 3.05) is 43.6 Å². The number of ether oxygens (including phenoxy) is 3. The lowest BCUT2D eigenvalue weighted by Crippen LogP contribution is -2.32. The van der Waals surface area contributed by atoms with E-state index in [1.165, 1.54) is 0 Å². The lowest BCUT2D eigenvalue weighted by molar-refractivity contribution is 0.134. The predicted octanol–water partition coefficient (Wildman–Crippen LogP) is 3.79. The molecule has 0 amide bonds. The van der Waals surface area contributed by atoms with Gasteiger partial charge in [-0.05, 0) is 25.0 Å². The zero-order valence-corrected chi connectivity index (χ0v) is 17.8. The fourth-order valence-corrected chi connectivity index (χ4v) is 3.93. The second-order valence-corrected chi connectivity index (χ2v) is 8.83. The first kappa shape index (κ1) is 20.0. The number of aromatic nitrogens is 2. The highest BCUT2D eigenvalue weighted by molar-refractivity contribution is 6.31. The van der Waals surface area contributed by atoms with Crippen LogP contribution in [0.2, 0.25) is 5.02 Å². The van der Waals surface area contributed by atoms with Crippen molar-refractivity contribution in [3.63, 3.8) is 0 Å². The number of hydrogen-bond donors (Lipinski definition) is 1. The van der Waals surface area contributed by atoms with E-state index in [0.29, 0.717) is 42.9 Å². The van der Waals surface area contributed by atoms with Crippen LogP contribution in [0.4, 0.5) is 11.8 Å². The molecule has 2 aromatic rings. The predicted molar refractivity (Wildman–Crippen MR) is 113 cm³/mol. The smallest absolute Gasteiger partial charge is 0.222 e. The minimum atomic E-state index is -0.121. The first-order valence-electron chi connectivity index (χ1n) is 9.87. The maximum absolute atomic E-state index is 6.71. The highest BCUT2D eigenvalue weighted by Gasteiger charge is 2.30. The van der Waals surface area contributed by atoms with E-state index in [0.717, 1.165) is 30.0 Å². The second kappa shape index (κ2) is 7.88. The van der Waals surface area contributed by atoms with Gasteiger partial charge in [0.1, 0.15) is 5.82 Å². The standard InChI is InChI=1S/C21H27ClN4O3/c1-13-7-19(25-20(23)24-13)26-5-4-6-27-10-16(26)14-8-17-18(9-15(14)22)29-12-21(2,3)11-28-17/h7-9,16H,4-6,10-12H2,1-3H3,(H2,23,24,25). The van der Waals surface area contributed by atoms with Gasteiger partial charge in [-0.1, -0.05) is 25.4 Å². The Morgan fingerprint density at radius 1 is 1.14 bits per heavy atom. The van der Waals surface area contributed by atoms with Crippen LogP contribution in [0.5, 0.6) is 11.5 Å². The van der Waals surface area contributed by atoms with Crippen molar-refractivity contribution in [3.05, 3.63) is 34.5 Å². The van der Waals surface area contributed by atoms with E-state index in [1.807, 2.05) is 25.1 Å². The molecule has 1 saturated heterocycles. The molecule has 29 heavy (non-hydrogen) atoms. The van der Waals surface area contributed by atoms with Crippen molar-refractivity contribution in [2.24, 2.45) is 5.41 Å². The molecular formula is C21H27ClN4O3. The van der Waals surface area contributed by atoms with Crippen molar-refractivity contribution in [2.45, 2.75) is 33.2 Å². The topological polar surface area (TPSA) is 82.7 Å². The number of nitrogens with zero attached hydrogens (tertiary/aromatic N) is 3. The lowest BCUT2D eigenvalue weighted by Gasteiger charge is -2.31. The molecule has 2 N–H and O–H groups in total. The van der Waals surface area contributed by atoms with Gasteiger partial charge < -0.3 is 24.8 Å². The van der Waals surface area contributed by atoms with E-state index >= 15 is 0 Å². The minimum Gasteiger partial charge on any atom is -0.489 e. The van der Waals surface area contributed by atoms with Crippen molar-refractivity contribution in [1.82, 2.24) is 9.97 Å². The molecule has 1 unspecified atom stereocenters. The van der Waals surface area contributed by atoms with Crippen molar-refractivity contribution in [1.29, 1.82) is 0 Å². The first-order chi connectivity index (χ1) is 13.8. The maximum atomic E-state index is 6.71. The number of nitrogen functional groups attached to an aromatic ring is 1. The fourth-order valence-electron chi connectivity index (χ4n) is 3.65. The van der Waals surface area contributed by atoms with Gasteiger partial charge in [0.05, 0.1) is 25.9 Å². The summed E-state index contributed by atoms with van der Waals surface area (Å²) in [7, 11) is 0. The van der Waals surface area contributed by atoms with Crippen LogP contribution in [0.1, 0.15) is 37.6 Å². The number of anilines is 2. The third kappa shape index (κ3) is 4.36. The molecule has 1 aromatic carbocycles. The average Bonchev–Trinajstić information content (AvgIpc) is 2.97. The summed E-state index contributed by atoms with van der Waals surface area (Å²) in [4.78, 5) is 10.8. The summed E-state index contributed by atoms with van der Waals surface area (Å²) in [6.45, 7) is 9.25. The summed E-state index contributed by atoms with van der Waals surface area (Å²) >= 11 is 6.71. The third-order valence-electron chi connectivity index (χ3n) is 5.15. The van der Waals surface area contributed by atoms with Crippen LogP contribution in [0, 0.1) is 12.3 Å². The number of nitrogens with two attached hydrogens (primary N) is 1. The van der Waals surface area contributed by atoms with Gasteiger partial charge in [-0.3, -0.25) is 0 Å². The molecule has 0 aliphatic carbocycles. The molecule has 8 heteroatoms. The molecule has 1 fully saturated rings. The molecular weight excluding hydrogens is 392 g/mol.